The molecular formula is C30H41N3O4Si. The van der Waals surface area contributed by atoms with Crippen molar-refractivity contribution < 1.29 is 19.1 Å². The largest absolute Gasteiger partial charge is 0.465 e. The van der Waals surface area contributed by atoms with E-state index in [-0.39, 0.29) is 12.5 Å². The summed E-state index contributed by atoms with van der Waals surface area (Å²) >= 11 is 0. The van der Waals surface area contributed by atoms with Gasteiger partial charge in [0.05, 0.1) is 12.5 Å². The Morgan fingerprint density at radius 1 is 0.947 bits per heavy atom. The smallest absolute Gasteiger partial charge is 0.407 e. The first-order valence-corrected chi connectivity index (χ1v) is 15.4. The molecule has 2 N–H and O–H groups in total. The molecule has 204 valence electrons. The minimum Gasteiger partial charge on any atom is -0.465 e. The Labute approximate surface area is 227 Å². The first kappa shape index (κ1) is 29.3. The number of carbonyl (C=O) groups is 2. The lowest BCUT2D eigenvalue weighted by molar-refractivity contribution is -0.117. The molecule has 3 aromatic rings. The fourth-order valence-electron chi connectivity index (χ4n) is 5.64. The highest BCUT2D eigenvalue weighted by molar-refractivity contribution is 6.77. The van der Waals surface area contributed by atoms with Gasteiger partial charge in [-0.3, -0.25) is 9.78 Å². The zero-order valence-electron chi connectivity index (χ0n) is 23.6. The molecule has 0 spiro atoms. The van der Waals surface area contributed by atoms with E-state index in [1.54, 1.807) is 12.4 Å². The van der Waals surface area contributed by atoms with Gasteiger partial charge in [0.15, 0.2) is 0 Å². The van der Waals surface area contributed by atoms with Crippen molar-refractivity contribution in [2.75, 3.05) is 18.9 Å². The molecule has 2 aromatic carbocycles. The van der Waals surface area contributed by atoms with Gasteiger partial charge < -0.3 is 19.7 Å². The van der Waals surface area contributed by atoms with Crippen molar-refractivity contribution in [3.05, 3.63) is 72.1 Å². The molecule has 0 bridgehead atoms. The van der Waals surface area contributed by atoms with Gasteiger partial charge in [0.2, 0.25) is 14.2 Å². The van der Waals surface area contributed by atoms with Gasteiger partial charge in [0.1, 0.15) is 0 Å². The van der Waals surface area contributed by atoms with E-state index in [0.29, 0.717) is 28.9 Å². The van der Waals surface area contributed by atoms with Gasteiger partial charge in [-0.15, -0.1) is 0 Å². The highest BCUT2D eigenvalue weighted by atomic mass is 28.4. The summed E-state index contributed by atoms with van der Waals surface area (Å²) in [6, 6.07) is 15.3. The standard InChI is InChI=1S/C30H41N3O4Si/c1-20(2)38(21(3)4,22(5)6)37-19-23-8-10-24(11-9-23)28(18-33(7)30(35)36)29(34)32-27-13-12-26-17-31-15-14-25(26)16-27/h8-17,20-22,28H,18-19H2,1-7H3,(H,32,34)(H,35,36). The second-order valence-electron chi connectivity index (χ2n) is 11.0. The third-order valence-corrected chi connectivity index (χ3v) is 13.6. The number of rotatable bonds is 11. The number of nitrogens with one attached hydrogen (secondary N) is 1. The van der Waals surface area contributed by atoms with Crippen molar-refractivity contribution in [3.63, 3.8) is 0 Å². The molecule has 1 atom stereocenters. The Balaban J connectivity index is 1.81. The molecule has 0 saturated carbocycles. The number of likely N-dealkylation sites (N-methyl/N-ethyl adjacent to an activating group) is 1. The van der Waals surface area contributed by atoms with E-state index in [1.807, 2.05) is 48.5 Å². The number of nitrogens with zero attached hydrogens (tertiary/aromatic N) is 2. The number of pyridine rings is 1. The van der Waals surface area contributed by atoms with Crippen LogP contribution in [0.2, 0.25) is 16.6 Å². The highest BCUT2D eigenvalue weighted by Crippen LogP contribution is 2.42. The molecule has 1 unspecified atom stereocenters. The molecule has 2 amide bonds. The predicted molar refractivity (Wildman–Crippen MR) is 156 cm³/mol. The van der Waals surface area contributed by atoms with Crippen LogP contribution in [-0.4, -0.2) is 48.9 Å². The van der Waals surface area contributed by atoms with E-state index in [1.165, 1.54) is 7.05 Å². The molecular weight excluding hydrogens is 494 g/mol. The number of amides is 2. The topological polar surface area (TPSA) is 91.8 Å². The van der Waals surface area contributed by atoms with Crippen LogP contribution in [-0.2, 0) is 15.8 Å². The minimum absolute atomic E-state index is 0.0403. The Morgan fingerprint density at radius 3 is 2.16 bits per heavy atom. The van der Waals surface area contributed by atoms with Crippen LogP contribution in [0, 0.1) is 0 Å². The lowest BCUT2D eigenvalue weighted by Crippen LogP contribution is -2.47. The molecule has 0 aliphatic heterocycles. The van der Waals surface area contributed by atoms with E-state index >= 15 is 0 Å². The number of hydrogen-bond donors (Lipinski definition) is 2. The average molecular weight is 536 g/mol. The highest BCUT2D eigenvalue weighted by Gasteiger charge is 2.45. The number of anilines is 1. The third-order valence-electron chi connectivity index (χ3n) is 7.59. The van der Waals surface area contributed by atoms with Crippen molar-refractivity contribution in [2.24, 2.45) is 0 Å². The zero-order chi connectivity index (χ0) is 28.0. The summed E-state index contributed by atoms with van der Waals surface area (Å²) in [5.74, 6) is -0.934. The fraction of sp³-hybridized carbons (Fsp3) is 0.433. The van der Waals surface area contributed by atoms with Gasteiger partial charge in [-0.1, -0.05) is 71.9 Å². The molecule has 0 fully saturated rings. The van der Waals surface area contributed by atoms with Crippen LogP contribution in [0.3, 0.4) is 0 Å². The summed E-state index contributed by atoms with van der Waals surface area (Å²) in [6.07, 6.45) is 2.40. The lowest BCUT2D eigenvalue weighted by atomic mass is 9.96. The van der Waals surface area contributed by atoms with E-state index in [0.717, 1.165) is 26.8 Å². The number of fused-ring (bicyclic) bond motifs is 1. The molecule has 3 rings (SSSR count). The van der Waals surface area contributed by atoms with Crippen molar-refractivity contribution in [1.29, 1.82) is 0 Å². The van der Waals surface area contributed by atoms with Crippen molar-refractivity contribution >= 4 is 36.8 Å². The van der Waals surface area contributed by atoms with Crippen LogP contribution in [0.5, 0.6) is 0 Å². The van der Waals surface area contributed by atoms with Crippen LogP contribution < -0.4 is 5.32 Å². The molecule has 0 aliphatic rings. The number of carboxylic acid groups (broad SMARTS) is 1. The molecule has 8 heteroatoms. The lowest BCUT2D eigenvalue weighted by Gasteiger charge is -2.42. The summed E-state index contributed by atoms with van der Waals surface area (Å²) in [7, 11) is -0.527. The van der Waals surface area contributed by atoms with E-state index in [2.05, 4.69) is 51.8 Å². The van der Waals surface area contributed by atoms with Gasteiger partial charge >= 0.3 is 6.09 Å². The molecule has 0 saturated heterocycles. The molecule has 1 aromatic heterocycles. The van der Waals surface area contributed by atoms with Crippen molar-refractivity contribution in [3.8, 4) is 0 Å². The summed E-state index contributed by atoms with van der Waals surface area (Å²) in [5, 5.41) is 14.4. The maximum atomic E-state index is 13.4. The maximum absolute atomic E-state index is 13.4. The maximum Gasteiger partial charge on any atom is 0.407 e. The number of carbonyl (C=O) groups excluding carboxylic acids is 1. The molecule has 0 radical (unpaired) electrons. The Morgan fingerprint density at radius 2 is 1.58 bits per heavy atom. The second-order valence-corrected chi connectivity index (χ2v) is 16.5. The number of aromatic nitrogens is 1. The Hall–Kier alpha value is -3.23. The number of benzene rings is 2. The summed E-state index contributed by atoms with van der Waals surface area (Å²) < 4.78 is 6.73. The van der Waals surface area contributed by atoms with Crippen LogP contribution in [0.1, 0.15) is 58.6 Å². The van der Waals surface area contributed by atoms with Crippen LogP contribution in [0.4, 0.5) is 10.5 Å². The Bertz CT molecular complexity index is 1220. The Kier molecular flexibility index (Phi) is 9.68. The van der Waals surface area contributed by atoms with E-state index in [9.17, 15) is 14.7 Å². The zero-order valence-corrected chi connectivity index (χ0v) is 24.6. The van der Waals surface area contributed by atoms with Crippen LogP contribution >= 0.6 is 0 Å². The monoisotopic (exact) mass is 535 g/mol. The van der Waals surface area contributed by atoms with Gasteiger partial charge in [-0.25, -0.2) is 4.79 Å². The average Bonchev–Trinajstić information content (AvgIpc) is 2.87. The predicted octanol–water partition coefficient (Wildman–Crippen LogP) is 7.26. The SMILES string of the molecule is CC(C)[Si](OCc1ccc(C(CN(C)C(=O)O)C(=O)Nc2ccc3cnccc3c2)cc1)(C(C)C)C(C)C. The summed E-state index contributed by atoms with van der Waals surface area (Å²) in [5.41, 5.74) is 3.93. The summed E-state index contributed by atoms with van der Waals surface area (Å²) in [6.45, 7) is 14.2. The molecule has 0 aliphatic carbocycles. The number of hydrogen-bond acceptors (Lipinski definition) is 4. The summed E-state index contributed by atoms with van der Waals surface area (Å²) in [4.78, 5) is 30.2. The van der Waals surface area contributed by atoms with E-state index in [4.69, 9.17) is 4.43 Å². The first-order valence-electron chi connectivity index (χ1n) is 13.3. The van der Waals surface area contributed by atoms with Crippen molar-refractivity contribution in [2.45, 2.75) is 70.7 Å². The first-order chi connectivity index (χ1) is 18.0. The third kappa shape index (κ3) is 6.60. The van der Waals surface area contributed by atoms with Gasteiger partial charge in [0, 0.05) is 37.1 Å². The van der Waals surface area contributed by atoms with Gasteiger partial charge in [-0.05, 0) is 51.3 Å². The molecule has 38 heavy (non-hydrogen) atoms. The minimum atomic E-state index is -2.00. The molecule has 7 nitrogen and oxygen atoms in total. The van der Waals surface area contributed by atoms with Gasteiger partial charge in [0.25, 0.3) is 0 Å². The van der Waals surface area contributed by atoms with Crippen molar-refractivity contribution in [1.82, 2.24) is 9.88 Å². The molecule has 1 heterocycles. The quantitative estimate of drug-likeness (QED) is 0.252. The van der Waals surface area contributed by atoms with Crippen LogP contribution in [0.25, 0.3) is 10.8 Å². The van der Waals surface area contributed by atoms with Gasteiger partial charge in [-0.2, -0.15) is 0 Å². The fourth-order valence-corrected chi connectivity index (χ4v) is 11.1. The normalized spacial score (nSPS) is 12.8. The van der Waals surface area contributed by atoms with Crippen LogP contribution in [0.15, 0.2) is 60.9 Å². The van der Waals surface area contributed by atoms with E-state index < -0.39 is 20.3 Å². The second kappa shape index (κ2) is 12.5.